The molecule has 7 heteroatoms. The Morgan fingerprint density at radius 2 is 1.94 bits per heavy atom. The Hall–Kier alpha value is -2.38. The molecule has 2 amide bonds. The third-order valence-corrected chi connectivity index (χ3v) is 7.24. The summed E-state index contributed by atoms with van der Waals surface area (Å²) >= 11 is 1.46. The molecule has 1 unspecified atom stereocenters. The minimum absolute atomic E-state index is 0.0283. The van der Waals surface area contributed by atoms with Crippen LogP contribution in [0.3, 0.4) is 0 Å². The zero-order valence-corrected chi connectivity index (χ0v) is 19.8. The highest BCUT2D eigenvalue weighted by Crippen LogP contribution is 2.29. The number of ether oxygens (including phenoxy) is 1. The van der Waals surface area contributed by atoms with Crippen LogP contribution in [0.25, 0.3) is 0 Å². The van der Waals surface area contributed by atoms with Crippen LogP contribution in [-0.4, -0.2) is 50.1 Å². The van der Waals surface area contributed by atoms with E-state index in [0.29, 0.717) is 13.1 Å². The third-order valence-electron chi connectivity index (χ3n) is 6.38. The molecule has 2 aromatic rings. The van der Waals surface area contributed by atoms with E-state index in [9.17, 15) is 9.59 Å². The molecule has 2 fully saturated rings. The highest BCUT2D eigenvalue weighted by atomic mass is 32.1. The summed E-state index contributed by atoms with van der Waals surface area (Å²) in [4.78, 5) is 30.7. The zero-order valence-electron chi connectivity index (χ0n) is 19.0. The lowest BCUT2D eigenvalue weighted by atomic mass is 10.1. The minimum atomic E-state index is 0.0283. The Kier molecular flexibility index (Phi) is 7.48. The van der Waals surface area contributed by atoms with Gasteiger partial charge >= 0.3 is 0 Å². The topological polar surface area (TPSA) is 61.9 Å². The molecular weight excluding hydrogens is 422 g/mol. The van der Waals surface area contributed by atoms with E-state index < -0.39 is 0 Å². The van der Waals surface area contributed by atoms with Crippen molar-refractivity contribution in [3.05, 3.63) is 46.2 Å². The molecule has 172 valence electrons. The summed E-state index contributed by atoms with van der Waals surface area (Å²) < 4.78 is 5.84. The molecule has 0 bridgehead atoms. The largest absolute Gasteiger partial charge is 0.377 e. The lowest BCUT2D eigenvalue weighted by molar-refractivity contribution is -0.119. The predicted molar refractivity (Wildman–Crippen MR) is 129 cm³/mol. The second kappa shape index (κ2) is 10.5. The first-order valence-electron chi connectivity index (χ1n) is 11.6. The average Bonchev–Trinajstić information content (AvgIpc) is 3.56. The van der Waals surface area contributed by atoms with E-state index >= 15 is 0 Å². The van der Waals surface area contributed by atoms with Crippen LogP contribution in [-0.2, 0) is 16.1 Å². The molecule has 1 atom stereocenters. The van der Waals surface area contributed by atoms with E-state index in [1.165, 1.54) is 11.3 Å². The van der Waals surface area contributed by atoms with Gasteiger partial charge in [-0.25, -0.2) is 0 Å². The van der Waals surface area contributed by atoms with Crippen LogP contribution in [0.1, 0.15) is 53.8 Å². The normalized spacial score (nSPS) is 18.6. The van der Waals surface area contributed by atoms with Gasteiger partial charge in [-0.3, -0.25) is 9.59 Å². The van der Waals surface area contributed by atoms with Gasteiger partial charge in [0.1, 0.15) is 0 Å². The first-order chi connectivity index (χ1) is 15.5. The van der Waals surface area contributed by atoms with Crippen molar-refractivity contribution in [1.82, 2.24) is 4.90 Å². The Labute approximate surface area is 194 Å². The number of thiophene rings is 1. The molecule has 1 aliphatic carbocycles. The number of amides is 2. The van der Waals surface area contributed by atoms with Gasteiger partial charge < -0.3 is 19.9 Å². The van der Waals surface area contributed by atoms with E-state index in [1.54, 1.807) is 0 Å². The molecule has 0 radical (unpaired) electrons. The number of anilines is 2. The van der Waals surface area contributed by atoms with E-state index in [0.717, 1.165) is 66.9 Å². The maximum Gasteiger partial charge on any atom is 0.264 e. The van der Waals surface area contributed by atoms with Crippen molar-refractivity contribution < 1.29 is 14.3 Å². The summed E-state index contributed by atoms with van der Waals surface area (Å²) in [5, 5.41) is 5.04. The Morgan fingerprint density at radius 1 is 1.12 bits per heavy atom. The Morgan fingerprint density at radius 3 is 2.59 bits per heavy atom. The van der Waals surface area contributed by atoms with Crippen molar-refractivity contribution in [3.8, 4) is 0 Å². The lowest BCUT2D eigenvalue weighted by Gasteiger charge is -2.28. The van der Waals surface area contributed by atoms with Crippen LogP contribution in [0.15, 0.2) is 35.7 Å². The van der Waals surface area contributed by atoms with Gasteiger partial charge in [0.25, 0.3) is 5.91 Å². The number of hydrogen-bond acceptors (Lipinski definition) is 5. The maximum atomic E-state index is 13.3. The molecule has 32 heavy (non-hydrogen) atoms. The average molecular weight is 456 g/mol. The number of nitrogens with zero attached hydrogens (tertiary/aromatic N) is 2. The van der Waals surface area contributed by atoms with E-state index in [2.05, 4.69) is 10.2 Å². The molecule has 1 aliphatic heterocycles. The van der Waals surface area contributed by atoms with Gasteiger partial charge in [0.15, 0.2) is 0 Å². The summed E-state index contributed by atoms with van der Waals surface area (Å²) in [5.74, 6) is 0.251. The summed E-state index contributed by atoms with van der Waals surface area (Å²) in [7, 11) is 4.00. The second-order valence-electron chi connectivity index (χ2n) is 9.01. The van der Waals surface area contributed by atoms with Crippen LogP contribution in [0, 0.1) is 5.92 Å². The predicted octanol–water partition coefficient (Wildman–Crippen LogP) is 4.76. The van der Waals surface area contributed by atoms with Crippen LogP contribution in [0.2, 0.25) is 0 Å². The molecule has 2 heterocycles. The summed E-state index contributed by atoms with van der Waals surface area (Å²) in [6.07, 6.45) is 6.30. The van der Waals surface area contributed by atoms with Crippen LogP contribution in [0.4, 0.5) is 11.4 Å². The molecular formula is C25H33N3O3S. The highest BCUT2D eigenvalue weighted by molar-refractivity contribution is 7.12. The van der Waals surface area contributed by atoms with Crippen molar-refractivity contribution in [1.29, 1.82) is 0 Å². The number of hydrogen-bond donors (Lipinski definition) is 1. The van der Waals surface area contributed by atoms with Crippen molar-refractivity contribution in [2.75, 3.05) is 37.5 Å². The van der Waals surface area contributed by atoms with Gasteiger partial charge in [-0.15, -0.1) is 11.3 Å². The number of carbonyl (C=O) groups excluding carboxylic acids is 2. The molecule has 2 aliphatic rings. The van der Waals surface area contributed by atoms with Gasteiger partial charge in [0.2, 0.25) is 5.91 Å². The number of rotatable bonds is 8. The van der Waals surface area contributed by atoms with Crippen LogP contribution >= 0.6 is 11.3 Å². The molecule has 6 nitrogen and oxygen atoms in total. The summed E-state index contributed by atoms with van der Waals surface area (Å²) in [6.45, 7) is 1.80. The molecule has 1 N–H and O–H groups in total. The molecule has 0 spiro atoms. The smallest absolute Gasteiger partial charge is 0.264 e. The van der Waals surface area contributed by atoms with Gasteiger partial charge in [-0.05, 0) is 60.9 Å². The van der Waals surface area contributed by atoms with Crippen molar-refractivity contribution in [2.24, 2.45) is 5.92 Å². The molecule has 4 rings (SSSR count). The molecule has 1 aromatic heterocycles. The fourth-order valence-corrected chi connectivity index (χ4v) is 5.36. The number of nitrogens with one attached hydrogen (secondary N) is 1. The van der Waals surface area contributed by atoms with Crippen molar-refractivity contribution in [2.45, 2.75) is 51.2 Å². The fraction of sp³-hybridized carbons (Fsp3) is 0.520. The molecule has 1 saturated heterocycles. The zero-order chi connectivity index (χ0) is 22.5. The van der Waals surface area contributed by atoms with Gasteiger partial charge in [-0.1, -0.05) is 18.9 Å². The Balaban J connectivity index is 1.57. The lowest BCUT2D eigenvalue weighted by Crippen LogP contribution is -2.37. The first-order valence-corrected chi connectivity index (χ1v) is 12.4. The quantitative estimate of drug-likeness (QED) is 0.623. The highest BCUT2D eigenvalue weighted by Gasteiger charge is 2.26. The molecule has 1 aromatic carbocycles. The van der Waals surface area contributed by atoms with Crippen molar-refractivity contribution >= 4 is 34.5 Å². The second-order valence-corrected chi connectivity index (χ2v) is 9.95. The van der Waals surface area contributed by atoms with Crippen LogP contribution < -0.4 is 10.2 Å². The SMILES string of the molecule is CN(C)c1ccc(NC(=O)C2CCCC2)cc1CN(CC1CCCO1)C(=O)c1cccs1. The summed E-state index contributed by atoms with van der Waals surface area (Å²) in [5.41, 5.74) is 2.85. The third kappa shape index (κ3) is 5.51. The maximum absolute atomic E-state index is 13.3. The van der Waals surface area contributed by atoms with E-state index in [-0.39, 0.29) is 23.8 Å². The minimum Gasteiger partial charge on any atom is -0.377 e. The number of carbonyl (C=O) groups is 2. The fourth-order valence-electron chi connectivity index (χ4n) is 4.67. The number of benzene rings is 1. The Bertz CT molecular complexity index is 917. The van der Waals surface area contributed by atoms with Crippen LogP contribution in [0.5, 0.6) is 0 Å². The monoisotopic (exact) mass is 455 g/mol. The summed E-state index contributed by atoms with van der Waals surface area (Å²) in [6, 6.07) is 9.79. The van der Waals surface area contributed by atoms with Gasteiger partial charge in [0, 0.05) is 51.1 Å². The van der Waals surface area contributed by atoms with E-state index in [4.69, 9.17) is 4.74 Å². The van der Waals surface area contributed by atoms with Gasteiger partial charge in [-0.2, -0.15) is 0 Å². The molecule has 1 saturated carbocycles. The van der Waals surface area contributed by atoms with E-state index in [1.807, 2.05) is 54.7 Å². The standard InChI is InChI=1S/C25H33N3O3S/c1-27(2)22-12-11-20(26-24(29)18-7-3-4-8-18)15-19(22)16-28(17-21-9-5-13-31-21)25(30)23-10-6-14-32-23/h6,10-12,14-15,18,21H,3-5,7-9,13,16-17H2,1-2H3,(H,26,29). The van der Waals surface area contributed by atoms with Crippen molar-refractivity contribution in [3.63, 3.8) is 0 Å². The first kappa shape index (κ1) is 22.8. The van der Waals surface area contributed by atoms with Gasteiger partial charge in [0.05, 0.1) is 11.0 Å².